The first-order valence-corrected chi connectivity index (χ1v) is 18.4. The fraction of sp³-hybridized carbons (Fsp3) is 0.0526. The minimum absolute atomic E-state index is 0.0482. The molecule has 0 aromatic heterocycles. The summed E-state index contributed by atoms with van der Waals surface area (Å²) < 4.78 is 69.1. The van der Waals surface area contributed by atoms with Crippen LogP contribution in [0.3, 0.4) is 0 Å². The number of phenols is 2. The zero-order chi connectivity index (χ0) is 38.1. The predicted molar refractivity (Wildman–Crippen MR) is 213 cm³/mol. The number of halogens is 9. The van der Waals surface area contributed by atoms with Gasteiger partial charge in [-0.15, -0.1) is 47.3 Å². The van der Waals surface area contributed by atoms with Gasteiger partial charge in [0.25, 0.3) is 0 Å². The third-order valence-electron chi connectivity index (χ3n) is 7.44. The highest BCUT2D eigenvalue weighted by atomic mass is 79.9. The number of ether oxygens (including phenoxy) is 2. The molecular formula is C38H26BBr3Cl2F4O4. The number of hydrogen-bond donors (Lipinski definition) is 2. The molecule has 0 aliphatic heterocycles. The average Bonchev–Trinajstić information content (AvgIpc) is 3.11. The number of aromatic hydroxyl groups is 2. The van der Waals surface area contributed by atoms with Gasteiger partial charge in [0.2, 0.25) is 0 Å². The Bertz CT molecular complexity index is 2190. The van der Waals surface area contributed by atoms with E-state index in [1.165, 1.54) is 44.6 Å². The highest BCUT2D eigenvalue weighted by Crippen LogP contribution is 2.41. The second-order valence-corrected chi connectivity index (χ2v) is 17.8. The van der Waals surface area contributed by atoms with Gasteiger partial charge < -0.3 is 19.7 Å². The molecule has 0 atom stereocenters. The van der Waals surface area contributed by atoms with Crippen molar-refractivity contribution >= 4 is 73.7 Å². The van der Waals surface area contributed by atoms with Crippen molar-refractivity contribution in [3.63, 3.8) is 0 Å². The summed E-state index contributed by atoms with van der Waals surface area (Å²) in [5.74, 6) is -2.30. The molecule has 6 rings (SSSR count). The lowest BCUT2D eigenvalue weighted by Crippen LogP contribution is -1.96. The Morgan fingerprint density at radius 2 is 0.904 bits per heavy atom. The Hall–Kier alpha value is -3.68. The van der Waals surface area contributed by atoms with E-state index >= 15 is 0 Å². The first-order valence-electron chi connectivity index (χ1n) is 14.9. The fourth-order valence-corrected chi connectivity index (χ4v) is 5.58. The van der Waals surface area contributed by atoms with Crippen LogP contribution in [0.4, 0.5) is 17.6 Å². The third-order valence-corrected chi connectivity index (χ3v) is 8.05. The first kappa shape index (κ1) is 41.1. The molecule has 0 aliphatic rings. The van der Waals surface area contributed by atoms with Crippen LogP contribution < -0.4 is 9.47 Å². The van der Waals surface area contributed by atoms with E-state index in [2.05, 4.69) is 47.3 Å². The SMILES string of the molecule is BrB(Br)Br.COc1ccccc1-c1cc(F)c(-c2cccc(Cl)c2OC)cc1F.Oc1ccccc1-c1cc(F)c(-c2cccc(Cl)c2O)cc1F. The van der Waals surface area contributed by atoms with E-state index in [1.807, 2.05) is 0 Å². The van der Waals surface area contributed by atoms with Crippen LogP contribution >= 0.6 is 70.5 Å². The lowest BCUT2D eigenvalue weighted by Gasteiger charge is -2.14. The zero-order valence-corrected chi connectivity index (χ0v) is 33.4. The van der Waals surface area contributed by atoms with Crippen LogP contribution in [-0.2, 0) is 0 Å². The van der Waals surface area contributed by atoms with Crippen LogP contribution in [0.25, 0.3) is 44.5 Å². The first-order chi connectivity index (χ1) is 24.8. The summed E-state index contributed by atoms with van der Waals surface area (Å²) >= 11 is 21.2. The van der Waals surface area contributed by atoms with Gasteiger partial charge in [0.1, 0.15) is 46.3 Å². The van der Waals surface area contributed by atoms with E-state index in [-0.39, 0.29) is 53.1 Å². The normalized spacial score (nSPS) is 10.4. The lowest BCUT2D eigenvalue weighted by atomic mass is 9.98. The minimum atomic E-state index is -0.734. The summed E-state index contributed by atoms with van der Waals surface area (Å²) in [6.07, 6.45) is 0. The summed E-state index contributed by atoms with van der Waals surface area (Å²) in [7, 11) is 2.92. The Morgan fingerprint density at radius 1 is 0.500 bits per heavy atom. The molecule has 0 saturated heterocycles. The van der Waals surface area contributed by atoms with Gasteiger partial charge >= 0.3 is 3.18 Å². The van der Waals surface area contributed by atoms with Crippen molar-refractivity contribution in [2.24, 2.45) is 0 Å². The standard InChI is InChI=1S/C20H15ClF2O2.C18H11ClF2O2.BBr3/c1-24-19-9-4-3-6-12(19)14-10-18(23)15(11-17(14)22)13-7-5-8-16(21)20(13)25-2;19-14-6-3-5-11(18(14)23)13-9-15(20)12(8-16(13)21)10-4-1-2-7-17(10)22;2-1(3)4/h3-11H,1-2H3;1-9,22-23H;. The maximum absolute atomic E-state index is 14.8. The van der Waals surface area contributed by atoms with Crippen LogP contribution in [0.2, 0.25) is 10.0 Å². The second kappa shape index (κ2) is 18.9. The van der Waals surface area contributed by atoms with E-state index in [4.69, 9.17) is 32.7 Å². The van der Waals surface area contributed by atoms with Gasteiger partial charge in [-0.1, -0.05) is 83.9 Å². The van der Waals surface area contributed by atoms with Crippen molar-refractivity contribution in [3.05, 3.63) is 143 Å². The van der Waals surface area contributed by atoms with Crippen molar-refractivity contribution < 1.29 is 37.2 Å². The van der Waals surface area contributed by atoms with Crippen LogP contribution in [0.1, 0.15) is 0 Å². The van der Waals surface area contributed by atoms with Crippen LogP contribution in [0.5, 0.6) is 23.0 Å². The van der Waals surface area contributed by atoms with Gasteiger partial charge in [-0.3, -0.25) is 0 Å². The van der Waals surface area contributed by atoms with Gasteiger partial charge in [0.05, 0.1) is 24.3 Å². The second-order valence-electron chi connectivity index (χ2n) is 10.5. The highest BCUT2D eigenvalue weighted by molar-refractivity contribution is 9.69. The molecule has 6 aromatic carbocycles. The third kappa shape index (κ3) is 9.84. The van der Waals surface area contributed by atoms with Crippen molar-refractivity contribution in [3.8, 4) is 67.5 Å². The van der Waals surface area contributed by atoms with Gasteiger partial charge in [0, 0.05) is 44.5 Å². The molecule has 0 bridgehead atoms. The number of para-hydroxylation sites is 4. The van der Waals surface area contributed by atoms with E-state index < -0.39 is 23.3 Å². The number of phenolic OH excluding ortho intramolecular Hbond substituents is 2. The molecule has 0 spiro atoms. The molecule has 0 heterocycles. The molecule has 2 N–H and O–H groups in total. The van der Waals surface area contributed by atoms with Gasteiger partial charge in [0.15, 0.2) is 0 Å². The smallest absolute Gasteiger partial charge is 0.369 e. The molecule has 52 heavy (non-hydrogen) atoms. The van der Waals surface area contributed by atoms with Crippen molar-refractivity contribution in [1.82, 2.24) is 0 Å². The van der Waals surface area contributed by atoms with Gasteiger partial charge in [-0.2, -0.15) is 0 Å². The molecule has 6 aromatic rings. The number of hydrogen-bond acceptors (Lipinski definition) is 4. The van der Waals surface area contributed by atoms with E-state index in [0.717, 1.165) is 24.3 Å². The summed E-state index contributed by atoms with van der Waals surface area (Å²) in [4.78, 5) is 0. The molecule has 0 amide bonds. The number of benzene rings is 6. The van der Waals surface area contributed by atoms with Gasteiger partial charge in [-0.05, 0) is 48.5 Å². The zero-order valence-electron chi connectivity index (χ0n) is 27.1. The van der Waals surface area contributed by atoms with Crippen LogP contribution in [0, 0.1) is 23.3 Å². The largest absolute Gasteiger partial charge is 0.507 e. The molecule has 268 valence electrons. The molecule has 14 heteroatoms. The maximum Gasteiger partial charge on any atom is 0.369 e. The Labute approximate surface area is 332 Å². The topological polar surface area (TPSA) is 58.9 Å². The predicted octanol–water partition coefficient (Wildman–Crippen LogP) is 13.5. The molecule has 0 radical (unpaired) electrons. The van der Waals surface area contributed by atoms with E-state index in [1.54, 1.807) is 54.6 Å². The van der Waals surface area contributed by atoms with Crippen molar-refractivity contribution in [2.45, 2.75) is 0 Å². The molecule has 4 nitrogen and oxygen atoms in total. The highest BCUT2D eigenvalue weighted by Gasteiger charge is 2.20. The summed E-state index contributed by atoms with van der Waals surface area (Å²) in [5.41, 5.74) is 1.18. The number of methoxy groups -OCH3 is 2. The molecule has 0 aliphatic carbocycles. The molecule has 0 unspecified atom stereocenters. The van der Waals surface area contributed by atoms with Crippen molar-refractivity contribution in [1.29, 1.82) is 0 Å². The Balaban J connectivity index is 0.000000212. The Kier molecular flexibility index (Phi) is 14.9. The molecule has 0 saturated carbocycles. The average molecular weight is 944 g/mol. The summed E-state index contributed by atoms with van der Waals surface area (Å²) in [6.45, 7) is 0. The Morgan fingerprint density at radius 3 is 1.42 bits per heavy atom. The molecule has 0 fully saturated rings. The summed E-state index contributed by atoms with van der Waals surface area (Å²) in [5, 5.41) is 20.1. The quantitative estimate of drug-likeness (QED) is 0.129. The monoisotopic (exact) mass is 940 g/mol. The van der Waals surface area contributed by atoms with E-state index in [0.29, 0.717) is 27.6 Å². The van der Waals surface area contributed by atoms with Crippen LogP contribution in [-0.4, -0.2) is 27.6 Å². The van der Waals surface area contributed by atoms with Crippen LogP contribution in [0.15, 0.2) is 109 Å². The minimum Gasteiger partial charge on any atom is -0.507 e. The van der Waals surface area contributed by atoms with Gasteiger partial charge in [-0.25, -0.2) is 17.6 Å². The van der Waals surface area contributed by atoms with E-state index in [9.17, 15) is 27.8 Å². The lowest BCUT2D eigenvalue weighted by molar-refractivity contribution is 0.416. The maximum atomic E-state index is 14.8. The summed E-state index contributed by atoms with van der Waals surface area (Å²) in [6, 6.07) is 26.6. The molecular weight excluding hydrogens is 918 g/mol. The fourth-order valence-electron chi connectivity index (χ4n) is 5.15. The number of rotatable bonds is 6. The van der Waals surface area contributed by atoms with Crippen molar-refractivity contribution in [2.75, 3.05) is 14.2 Å².